The summed E-state index contributed by atoms with van der Waals surface area (Å²) in [5.41, 5.74) is 7.25. The molecule has 0 saturated carbocycles. The van der Waals surface area contributed by atoms with Gasteiger partial charge < -0.3 is 0 Å². The van der Waals surface area contributed by atoms with Gasteiger partial charge in [-0.3, -0.25) is 29.9 Å². The van der Waals surface area contributed by atoms with Gasteiger partial charge in [0.15, 0.2) is 0 Å². The van der Waals surface area contributed by atoms with Gasteiger partial charge in [0.1, 0.15) is 0 Å². The average molecular weight is 522 g/mol. The minimum Gasteiger partial charge on any atom is -0.256 e. The standard InChI is InChI=1S/2C15H11N3.Fe/c2*1-3-9-16-13(7-1)12-6-5-11-18-15(12)14-8-2-4-10-17-14;/h2*1-11H;/q;;+2. The third kappa shape index (κ3) is 6.35. The van der Waals surface area contributed by atoms with Gasteiger partial charge in [0.05, 0.1) is 34.2 Å². The monoisotopic (exact) mass is 522 g/mol. The molecule has 37 heavy (non-hydrogen) atoms. The summed E-state index contributed by atoms with van der Waals surface area (Å²) < 4.78 is 0. The fraction of sp³-hybridized carbons (Fsp3) is 0. The SMILES string of the molecule is [Fe+2].c1ccc(-c2cccnc2-c2ccccn2)nc1.c1ccc(-c2cccnc2-c2ccccn2)nc1. The Labute approximate surface area is 226 Å². The average Bonchev–Trinajstić information content (AvgIpc) is 2.99. The quantitative estimate of drug-likeness (QED) is 0.249. The van der Waals surface area contributed by atoms with Gasteiger partial charge in [-0.25, -0.2) is 0 Å². The normalized spacial score (nSPS) is 9.95. The van der Waals surface area contributed by atoms with E-state index in [0.29, 0.717) is 0 Å². The van der Waals surface area contributed by atoms with Crippen LogP contribution in [0.5, 0.6) is 0 Å². The van der Waals surface area contributed by atoms with Crippen LogP contribution in [-0.2, 0) is 17.1 Å². The summed E-state index contributed by atoms with van der Waals surface area (Å²) in [6.45, 7) is 0. The van der Waals surface area contributed by atoms with Crippen LogP contribution >= 0.6 is 0 Å². The van der Waals surface area contributed by atoms with E-state index >= 15 is 0 Å². The molecule has 0 aliphatic carbocycles. The molecule has 6 heterocycles. The molecule has 0 aliphatic heterocycles. The molecule has 0 bridgehead atoms. The molecule has 0 spiro atoms. The van der Waals surface area contributed by atoms with Gasteiger partial charge in [-0.2, -0.15) is 0 Å². The van der Waals surface area contributed by atoms with Crippen molar-refractivity contribution in [1.29, 1.82) is 0 Å². The van der Waals surface area contributed by atoms with Crippen LogP contribution in [0.25, 0.3) is 45.3 Å². The molecule has 0 N–H and O–H groups in total. The summed E-state index contributed by atoms with van der Waals surface area (Å²) in [4.78, 5) is 26.3. The maximum Gasteiger partial charge on any atom is 2.00 e. The minimum atomic E-state index is 0. The Bertz CT molecular complexity index is 1280. The van der Waals surface area contributed by atoms with E-state index in [1.54, 1.807) is 37.2 Å². The van der Waals surface area contributed by atoms with Crippen molar-refractivity contribution in [3.8, 4) is 45.3 Å². The van der Waals surface area contributed by atoms with Gasteiger partial charge in [0, 0.05) is 48.3 Å². The van der Waals surface area contributed by atoms with Crippen molar-refractivity contribution in [2.75, 3.05) is 0 Å². The van der Waals surface area contributed by atoms with Crippen LogP contribution in [0.4, 0.5) is 0 Å². The van der Waals surface area contributed by atoms with E-state index < -0.39 is 0 Å². The molecule has 0 radical (unpaired) electrons. The fourth-order valence-corrected chi connectivity index (χ4v) is 3.68. The van der Waals surface area contributed by atoms with Crippen LogP contribution in [0, 0.1) is 0 Å². The van der Waals surface area contributed by atoms with Crippen LogP contribution in [0.15, 0.2) is 134 Å². The van der Waals surface area contributed by atoms with E-state index in [-0.39, 0.29) is 17.1 Å². The molecule has 6 aromatic heterocycles. The number of nitrogens with zero attached hydrogens (tertiary/aromatic N) is 6. The summed E-state index contributed by atoms with van der Waals surface area (Å²) in [6.07, 6.45) is 10.7. The molecule has 0 aromatic carbocycles. The molecule has 7 heteroatoms. The summed E-state index contributed by atoms with van der Waals surface area (Å²) in [6, 6.07) is 31.2. The van der Waals surface area contributed by atoms with E-state index in [4.69, 9.17) is 0 Å². The third-order valence-corrected chi connectivity index (χ3v) is 5.31. The maximum atomic E-state index is 4.42. The largest absolute Gasteiger partial charge is 2.00 e. The van der Waals surface area contributed by atoms with E-state index in [1.807, 2.05) is 97.1 Å². The first-order chi connectivity index (χ1) is 17.9. The Morgan fingerprint density at radius 3 is 0.946 bits per heavy atom. The topological polar surface area (TPSA) is 77.3 Å². The number of hydrogen-bond acceptors (Lipinski definition) is 6. The van der Waals surface area contributed by atoms with Crippen molar-refractivity contribution in [1.82, 2.24) is 29.9 Å². The van der Waals surface area contributed by atoms with Crippen molar-refractivity contribution in [3.05, 3.63) is 134 Å². The Morgan fingerprint density at radius 2 is 0.622 bits per heavy atom. The van der Waals surface area contributed by atoms with Crippen LogP contribution in [0.1, 0.15) is 0 Å². The number of hydrogen-bond donors (Lipinski definition) is 0. The van der Waals surface area contributed by atoms with Gasteiger partial charge in [-0.05, 0) is 72.8 Å². The third-order valence-electron chi connectivity index (χ3n) is 5.31. The molecule has 6 nitrogen and oxygen atoms in total. The zero-order chi connectivity index (χ0) is 24.4. The fourth-order valence-electron chi connectivity index (χ4n) is 3.68. The molecule has 0 unspecified atom stereocenters. The molecule has 6 aromatic rings. The van der Waals surface area contributed by atoms with Crippen molar-refractivity contribution in [3.63, 3.8) is 0 Å². The molecule has 0 fully saturated rings. The summed E-state index contributed by atoms with van der Waals surface area (Å²) in [7, 11) is 0. The number of aromatic nitrogens is 6. The summed E-state index contributed by atoms with van der Waals surface area (Å²) in [5.74, 6) is 0. The number of pyridine rings is 6. The van der Waals surface area contributed by atoms with Crippen molar-refractivity contribution in [2.24, 2.45) is 0 Å². The van der Waals surface area contributed by atoms with E-state index in [2.05, 4.69) is 29.9 Å². The minimum absolute atomic E-state index is 0. The zero-order valence-electron chi connectivity index (χ0n) is 19.7. The van der Waals surface area contributed by atoms with Gasteiger partial charge in [0.25, 0.3) is 0 Å². The van der Waals surface area contributed by atoms with E-state index in [0.717, 1.165) is 45.3 Å². The van der Waals surface area contributed by atoms with Gasteiger partial charge >= 0.3 is 17.1 Å². The van der Waals surface area contributed by atoms with Gasteiger partial charge in [-0.15, -0.1) is 0 Å². The Balaban J connectivity index is 0.000000168. The molecule has 178 valence electrons. The van der Waals surface area contributed by atoms with Gasteiger partial charge in [-0.1, -0.05) is 24.3 Å². The first kappa shape index (κ1) is 25.5. The summed E-state index contributed by atoms with van der Waals surface area (Å²) in [5, 5.41) is 0. The Hall–Kier alpha value is -4.58. The molecule has 0 aliphatic rings. The maximum absolute atomic E-state index is 4.42. The molecular formula is C30H22FeN6+2. The first-order valence-electron chi connectivity index (χ1n) is 11.5. The van der Waals surface area contributed by atoms with Crippen molar-refractivity contribution >= 4 is 0 Å². The van der Waals surface area contributed by atoms with Gasteiger partial charge in [0.2, 0.25) is 0 Å². The van der Waals surface area contributed by atoms with Crippen LogP contribution in [0.3, 0.4) is 0 Å². The second-order valence-corrected chi connectivity index (χ2v) is 7.66. The van der Waals surface area contributed by atoms with Crippen molar-refractivity contribution in [2.45, 2.75) is 0 Å². The van der Waals surface area contributed by atoms with Crippen molar-refractivity contribution < 1.29 is 17.1 Å². The Morgan fingerprint density at radius 1 is 0.297 bits per heavy atom. The van der Waals surface area contributed by atoms with Crippen LogP contribution in [-0.4, -0.2) is 29.9 Å². The molecular weight excluding hydrogens is 500 g/mol. The predicted molar refractivity (Wildman–Crippen MR) is 141 cm³/mol. The predicted octanol–water partition coefficient (Wildman–Crippen LogP) is 6.41. The molecule has 0 saturated heterocycles. The summed E-state index contributed by atoms with van der Waals surface area (Å²) >= 11 is 0. The Kier molecular flexibility index (Phi) is 8.91. The molecule has 0 amide bonds. The number of rotatable bonds is 4. The second-order valence-electron chi connectivity index (χ2n) is 7.66. The van der Waals surface area contributed by atoms with Crippen LogP contribution < -0.4 is 0 Å². The smallest absolute Gasteiger partial charge is 0.256 e. The van der Waals surface area contributed by atoms with E-state index in [9.17, 15) is 0 Å². The second kappa shape index (κ2) is 12.9. The van der Waals surface area contributed by atoms with Crippen LogP contribution in [0.2, 0.25) is 0 Å². The van der Waals surface area contributed by atoms with E-state index in [1.165, 1.54) is 0 Å². The molecule has 0 atom stereocenters. The zero-order valence-corrected chi connectivity index (χ0v) is 20.8. The first-order valence-corrected chi connectivity index (χ1v) is 11.5. The molecule has 6 rings (SSSR count).